The Kier molecular flexibility index (Phi) is 4.94. The Balaban J connectivity index is 1.24. The van der Waals surface area contributed by atoms with E-state index in [4.69, 9.17) is 4.74 Å². The Bertz CT molecular complexity index is 1760. The number of ether oxygens (including phenoxy) is 1. The van der Waals surface area contributed by atoms with E-state index in [0.29, 0.717) is 11.1 Å². The van der Waals surface area contributed by atoms with Crippen molar-refractivity contribution >= 4 is 22.6 Å². The van der Waals surface area contributed by atoms with Gasteiger partial charge in [0.05, 0.1) is 11.3 Å². The molecule has 0 amide bonds. The fourth-order valence-electron chi connectivity index (χ4n) is 5.39. The Hall–Kier alpha value is -4.78. The first kappa shape index (κ1) is 22.4. The zero-order valence-corrected chi connectivity index (χ0v) is 19.8. The topological polar surface area (TPSA) is 54.1 Å². The minimum Gasteiger partial charge on any atom is -0.456 e. The fraction of sp³-hybridized carbons (Fsp3) is 0.0645. The second-order valence-electron chi connectivity index (χ2n) is 9.48. The van der Waals surface area contributed by atoms with Crippen LogP contribution in [0.5, 0.6) is 0 Å². The number of rotatable bonds is 3. The van der Waals surface area contributed by atoms with Crippen molar-refractivity contribution in [2.75, 3.05) is 11.9 Å². The highest BCUT2D eigenvalue weighted by atomic mass is 19.2. The minimum atomic E-state index is -1.48. The summed E-state index contributed by atoms with van der Waals surface area (Å²) in [5.74, 6) is -4.51. The first-order valence-electron chi connectivity index (χ1n) is 12.1. The predicted octanol–water partition coefficient (Wildman–Crippen LogP) is 7.29. The van der Waals surface area contributed by atoms with Crippen molar-refractivity contribution in [1.82, 2.24) is 4.98 Å². The number of halogens is 3. The SMILES string of the molecule is O=C1OCC2=C1C(c1ccc(-c3ccc(-c4cc(F)c(F)c(F)c4)cc3)cc1)c1cc3[nH]ccc3cc1N2. The molecule has 0 spiro atoms. The summed E-state index contributed by atoms with van der Waals surface area (Å²) in [6.07, 6.45) is 1.89. The van der Waals surface area contributed by atoms with Crippen LogP contribution in [0.3, 0.4) is 0 Å². The third-order valence-corrected chi connectivity index (χ3v) is 7.28. The molecule has 5 aromatic rings. The number of hydrogen-bond donors (Lipinski definition) is 2. The summed E-state index contributed by atoms with van der Waals surface area (Å²) in [4.78, 5) is 16.0. The van der Waals surface area contributed by atoms with E-state index in [9.17, 15) is 18.0 Å². The summed E-state index contributed by atoms with van der Waals surface area (Å²) in [5, 5.41) is 4.47. The minimum absolute atomic E-state index is 0.224. The maximum absolute atomic E-state index is 13.7. The molecule has 3 heterocycles. The molecular weight excluding hydrogens is 489 g/mol. The second kappa shape index (κ2) is 8.38. The van der Waals surface area contributed by atoms with Crippen LogP contribution in [-0.4, -0.2) is 17.6 Å². The lowest BCUT2D eigenvalue weighted by molar-refractivity contribution is -0.136. The number of carbonyl (C=O) groups is 1. The number of hydrogen-bond acceptors (Lipinski definition) is 3. The van der Waals surface area contributed by atoms with E-state index in [2.05, 4.69) is 22.4 Å². The number of benzene rings is 4. The fourth-order valence-corrected chi connectivity index (χ4v) is 5.39. The molecule has 7 rings (SSSR count). The largest absolute Gasteiger partial charge is 0.456 e. The number of aromatic nitrogens is 1. The molecule has 2 aliphatic heterocycles. The molecule has 0 aliphatic carbocycles. The molecule has 0 radical (unpaired) electrons. The Morgan fingerprint density at radius 2 is 1.39 bits per heavy atom. The van der Waals surface area contributed by atoms with E-state index in [1.165, 1.54) is 0 Å². The summed E-state index contributed by atoms with van der Waals surface area (Å²) < 4.78 is 46.0. The van der Waals surface area contributed by atoms with Gasteiger partial charge >= 0.3 is 5.97 Å². The Labute approximate surface area is 215 Å². The van der Waals surface area contributed by atoms with Crippen molar-refractivity contribution in [2.24, 2.45) is 0 Å². The molecule has 0 bridgehead atoms. The van der Waals surface area contributed by atoms with Gasteiger partial charge in [0.25, 0.3) is 0 Å². The van der Waals surface area contributed by atoms with E-state index in [1.54, 1.807) is 12.1 Å². The second-order valence-corrected chi connectivity index (χ2v) is 9.48. The predicted molar refractivity (Wildman–Crippen MR) is 139 cm³/mol. The van der Waals surface area contributed by atoms with E-state index >= 15 is 0 Å². The molecule has 0 saturated heterocycles. The van der Waals surface area contributed by atoms with Crippen molar-refractivity contribution in [3.63, 3.8) is 0 Å². The zero-order chi connectivity index (χ0) is 26.0. The maximum Gasteiger partial charge on any atom is 0.337 e. The highest BCUT2D eigenvalue weighted by Crippen LogP contribution is 2.45. The van der Waals surface area contributed by atoms with E-state index < -0.39 is 17.5 Å². The van der Waals surface area contributed by atoms with E-state index in [1.807, 2.05) is 48.7 Å². The molecule has 38 heavy (non-hydrogen) atoms. The average molecular weight is 508 g/mol. The maximum atomic E-state index is 13.7. The number of aromatic amines is 1. The molecule has 2 aliphatic rings. The van der Waals surface area contributed by atoms with Crippen molar-refractivity contribution in [3.8, 4) is 22.3 Å². The van der Waals surface area contributed by atoms with Gasteiger partial charge in [-0.3, -0.25) is 0 Å². The van der Waals surface area contributed by atoms with Crippen molar-refractivity contribution in [2.45, 2.75) is 5.92 Å². The number of anilines is 1. The molecule has 1 aromatic heterocycles. The monoisotopic (exact) mass is 508 g/mol. The Morgan fingerprint density at radius 1 is 0.763 bits per heavy atom. The summed E-state index contributed by atoms with van der Waals surface area (Å²) in [5.41, 5.74) is 7.99. The third-order valence-electron chi connectivity index (χ3n) is 7.28. The van der Waals surface area contributed by atoms with Crippen LogP contribution >= 0.6 is 0 Å². The number of fused-ring (bicyclic) bond motifs is 2. The number of carbonyl (C=O) groups excluding carboxylic acids is 1. The number of nitrogens with one attached hydrogen (secondary N) is 2. The summed E-state index contributed by atoms with van der Waals surface area (Å²) in [7, 11) is 0. The van der Waals surface area contributed by atoms with E-state index in [-0.39, 0.29) is 24.1 Å². The Morgan fingerprint density at radius 3 is 2.08 bits per heavy atom. The lowest BCUT2D eigenvalue weighted by atomic mass is 9.80. The van der Waals surface area contributed by atoms with Crippen LogP contribution in [0.2, 0.25) is 0 Å². The van der Waals surface area contributed by atoms with Gasteiger partial charge in [0.1, 0.15) is 6.61 Å². The van der Waals surface area contributed by atoms with Gasteiger partial charge in [-0.15, -0.1) is 0 Å². The van der Waals surface area contributed by atoms with Gasteiger partial charge in [0, 0.05) is 28.7 Å². The van der Waals surface area contributed by atoms with Crippen LogP contribution in [-0.2, 0) is 9.53 Å². The summed E-state index contributed by atoms with van der Waals surface area (Å²) in [6, 6.07) is 23.3. The first-order valence-corrected chi connectivity index (χ1v) is 12.1. The molecule has 7 heteroatoms. The molecule has 2 N–H and O–H groups in total. The molecular formula is C31H19F3N2O2. The van der Waals surface area contributed by atoms with Gasteiger partial charge in [-0.2, -0.15) is 0 Å². The molecule has 0 fully saturated rings. The van der Waals surface area contributed by atoms with Gasteiger partial charge in [-0.05, 0) is 63.7 Å². The zero-order valence-electron chi connectivity index (χ0n) is 19.8. The van der Waals surface area contributed by atoms with E-state index in [0.717, 1.165) is 56.7 Å². The summed E-state index contributed by atoms with van der Waals surface area (Å²) >= 11 is 0. The molecule has 1 atom stereocenters. The standard InChI is InChI=1S/C31H19F3N2O2/c32-23-11-21(12-24(33)30(23)34)18-3-1-16(2-4-18)17-5-7-19(8-6-17)28-22-14-25-20(9-10-35-25)13-26(22)36-27-15-38-31(37)29(27)28/h1-14,28,35-36H,15H2. The molecule has 0 saturated carbocycles. The van der Waals surface area contributed by atoms with Crippen LogP contribution in [0.15, 0.2) is 96.3 Å². The highest BCUT2D eigenvalue weighted by molar-refractivity contribution is 5.98. The lowest BCUT2D eigenvalue weighted by Crippen LogP contribution is -2.19. The quantitative estimate of drug-likeness (QED) is 0.199. The first-order chi connectivity index (χ1) is 18.5. The van der Waals surface area contributed by atoms with Crippen LogP contribution < -0.4 is 5.32 Å². The third kappa shape index (κ3) is 3.50. The van der Waals surface area contributed by atoms with Gasteiger partial charge in [0.15, 0.2) is 17.5 Å². The lowest BCUT2D eigenvalue weighted by Gasteiger charge is -2.27. The smallest absolute Gasteiger partial charge is 0.337 e. The van der Waals surface area contributed by atoms with Crippen molar-refractivity contribution in [1.29, 1.82) is 0 Å². The number of H-pyrrole nitrogens is 1. The van der Waals surface area contributed by atoms with Gasteiger partial charge < -0.3 is 15.0 Å². The van der Waals surface area contributed by atoms with Crippen LogP contribution in [0, 0.1) is 17.5 Å². The molecule has 4 aromatic carbocycles. The molecule has 186 valence electrons. The normalized spacial score (nSPS) is 16.3. The van der Waals surface area contributed by atoms with Crippen LogP contribution in [0.1, 0.15) is 17.0 Å². The van der Waals surface area contributed by atoms with Crippen molar-refractivity contribution in [3.05, 3.63) is 125 Å². The molecule has 1 unspecified atom stereocenters. The number of cyclic esters (lactones) is 1. The van der Waals surface area contributed by atoms with Gasteiger partial charge in [-0.25, -0.2) is 18.0 Å². The van der Waals surface area contributed by atoms with Gasteiger partial charge in [-0.1, -0.05) is 48.5 Å². The molecule has 4 nitrogen and oxygen atoms in total. The average Bonchev–Trinajstić information content (AvgIpc) is 3.55. The highest BCUT2D eigenvalue weighted by Gasteiger charge is 2.38. The van der Waals surface area contributed by atoms with Crippen LogP contribution in [0.4, 0.5) is 18.9 Å². The summed E-state index contributed by atoms with van der Waals surface area (Å²) in [6.45, 7) is 0.224. The van der Waals surface area contributed by atoms with Gasteiger partial charge in [0.2, 0.25) is 0 Å². The van der Waals surface area contributed by atoms with Crippen molar-refractivity contribution < 1.29 is 22.7 Å². The van der Waals surface area contributed by atoms with Crippen LogP contribution in [0.25, 0.3) is 33.2 Å². The number of esters is 1.